The Labute approximate surface area is 91.2 Å². The van der Waals surface area contributed by atoms with Gasteiger partial charge in [0, 0.05) is 25.0 Å². The van der Waals surface area contributed by atoms with Gasteiger partial charge in [0.15, 0.2) is 0 Å². The van der Waals surface area contributed by atoms with Crippen LogP contribution in [0.4, 0.5) is 5.95 Å². The molecule has 1 aliphatic rings. The van der Waals surface area contributed by atoms with Crippen LogP contribution in [0.5, 0.6) is 0 Å². The molecule has 0 aromatic carbocycles. The fourth-order valence-corrected chi connectivity index (χ4v) is 2.26. The van der Waals surface area contributed by atoms with E-state index in [0.717, 1.165) is 18.4 Å². The van der Waals surface area contributed by atoms with Crippen LogP contribution in [0.15, 0.2) is 25.0 Å². The van der Waals surface area contributed by atoms with Gasteiger partial charge < -0.3 is 9.88 Å². The summed E-state index contributed by atoms with van der Waals surface area (Å²) >= 11 is 0. The second-order valence-electron chi connectivity index (χ2n) is 4.35. The first kappa shape index (κ1) is 10.3. The van der Waals surface area contributed by atoms with Crippen LogP contribution in [-0.2, 0) is 6.54 Å². The maximum atomic E-state index is 4.34. The lowest BCUT2D eigenvalue weighted by Crippen LogP contribution is -2.23. The Morgan fingerprint density at radius 2 is 2.53 bits per heavy atom. The first-order valence-corrected chi connectivity index (χ1v) is 5.70. The van der Waals surface area contributed by atoms with E-state index in [1.54, 1.807) is 0 Å². The average Bonchev–Trinajstić information content (AvgIpc) is 2.80. The summed E-state index contributed by atoms with van der Waals surface area (Å²) in [6, 6.07) is 0.593. The van der Waals surface area contributed by atoms with Crippen molar-refractivity contribution in [2.24, 2.45) is 5.92 Å². The summed E-state index contributed by atoms with van der Waals surface area (Å²) < 4.78 is 2.10. The highest BCUT2D eigenvalue weighted by Crippen LogP contribution is 2.27. The molecule has 0 spiro atoms. The van der Waals surface area contributed by atoms with E-state index in [4.69, 9.17) is 0 Å². The zero-order chi connectivity index (χ0) is 10.7. The van der Waals surface area contributed by atoms with E-state index in [0.29, 0.717) is 6.04 Å². The van der Waals surface area contributed by atoms with Gasteiger partial charge in [-0.2, -0.15) is 0 Å². The third kappa shape index (κ3) is 2.22. The van der Waals surface area contributed by atoms with Gasteiger partial charge in [-0.1, -0.05) is 19.4 Å². The van der Waals surface area contributed by atoms with Gasteiger partial charge in [-0.25, -0.2) is 4.98 Å². The number of imidazole rings is 1. The molecule has 0 aliphatic heterocycles. The predicted octanol–water partition coefficient (Wildman–Crippen LogP) is 2.67. The average molecular weight is 205 g/mol. The van der Waals surface area contributed by atoms with E-state index in [1.807, 2.05) is 18.5 Å². The van der Waals surface area contributed by atoms with E-state index < -0.39 is 0 Å². The van der Waals surface area contributed by atoms with Gasteiger partial charge in [0.25, 0.3) is 0 Å². The lowest BCUT2D eigenvalue weighted by Gasteiger charge is -2.18. The Hall–Kier alpha value is -1.25. The van der Waals surface area contributed by atoms with Gasteiger partial charge in [-0.15, -0.1) is 6.58 Å². The van der Waals surface area contributed by atoms with Crippen molar-refractivity contribution in [3.05, 3.63) is 25.0 Å². The zero-order valence-corrected chi connectivity index (χ0v) is 9.32. The highest BCUT2D eigenvalue weighted by Gasteiger charge is 2.23. The summed E-state index contributed by atoms with van der Waals surface area (Å²) in [4.78, 5) is 4.34. The molecule has 1 aromatic heterocycles. The summed E-state index contributed by atoms with van der Waals surface area (Å²) in [5, 5.41) is 3.53. The molecule has 15 heavy (non-hydrogen) atoms. The van der Waals surface area contributed by atoms with Crippen LogP contribution in [0.3, 0.4) is 0 Å². The Kier molecular flexibility index (Phi) is 3.09. The molecule has 1 heterocycles. The number of hydrogen-bond donors (Lipinski definition) is 1. The number of nitrogens with one attached hydrogen (secondary N) is 1. The van der Waals surface area contributed by atoms with E-state index >= 15 is 0 Å². The summed E-state index contributed by atoms with van der Waals surface area (Å²) in [7, 11) is 0. The Balaban J connectivity index is 2.03. The number of anilines is 1. The SMILES string of the molecule is C=CCn1ccnc1NC1CCCC1C. The Morgan fingerprint density at radius 1 is 1.67 bits per heavy atom. The largest absolute Gasteiger partial charge is 0.353 e. The summed E-state index contributed by atoms with van der Waals surface area (Å²) in [6.45, 7) is 6.88. The van der Waals surface area contributed by atoms with Crippen molar-refractivity contribution in [1.82, 2.24) is 9.55 Å². The van der Waals surface area contributed by atoms with Gasteiger partial charge in [-0.05, 0) is 18.8 Å². The van der Waals surface area contributed by atoms with Crippen LogP contribution < -0.4 is 5.32 Å². The maximum Gasteiger partial charge on any atom is 0.203 e. The fourth-order valence-electron chi connectivity index (χ4n) is 2.26. The van der Waals surface area contributed by atoms with Crippen LogP contribution in [0.2, 0.25) is 0 Å². The van der Waals surface area contributed by atoms with Crippen molar-refractivity contribution in [2.75, 3.05) is 5.32 Å². The molecule has 2 unspecified atom stereocenters. The number of hydrogen-bond acceptors (Lipinski definition) is 2. The van der Waals surface area contributed by atoms with E-state index in [-0.39, 0.29) is 0 Å². The normalized spacial score (nSPS) is 25.4. The third-order valence-electron chi connectivity index (χ3n) is 3.22. The van der Waals surface area contributed by atoms with E-state index in [1.165, 1.54) is 19.3 Å². The number of nitrogens with zero attached hydrogens (tertiary/aromatic N) is 2. The molecule has 2 rings (SSSR count). The van der Waals surface area contributed by atoms with E-state index in [2.05, 4.69) is 28.4 Å². The predicted molar refractivity (Wildman–Crippen MR) is 62.8 cm³/mol. The van der Waals surface area contributed by atoms with Gasteiger partial charge >= 0.3 is 0 Å². The monoisotopic (exact) mass is 205 g/mol. The molecule has 1 saturated carbocycles. The van der Waals surface area contributed by atoms with Gasteiger partial charge in [0.1, 0.15) is 0 Å². The molecular formula is C12H19N3. The molecule has 1 fully saturated rings. The minimum atomic E-state index is 0.593. The number of aromatic nitrogens is 2. The van der Waals surface area contributed by atoms with Crippen LogP contribution in [0, 0.1) is 5.92 Å². The molecule has 1 N–H and O–H groups in total. The minimum Gasteiger partial charge on any atom is -0.353 e. The smallest absolute Gasteiger partial charge is 0.203 e. The molecule has 82 valence electrons. The van der Waals surface area contributed by atoms with Crippen molar-refractivity contribution < 1.29 is 0 Å². The molecular weight excluding hydrogens is 186 g/mol. The van der Waals surface area contributed by atoms with Gasteiger partial charge in [0.05, 0.1) is 0 Å². The van der Waals surface area contributed by atoms with Gasteiger partial charge in [0.2, 0.25) is 5.95 Å². The van der Waals surface area contributed by atoms with Crippen molar-refractivity contribution in [1.29, 1.82) is 0 Å². The molecule has 1 aromatic rings. The number of rotatable bonds is 4. The summed E-state index contributed by atoms with van der Waals surface area (Å²) in [5.74, 6) is 1.74. The first-order valence-electron chi connectivity index (χ1n) is 5.70. The molecule has 1 aliphatic carbocycles. The molecule has 0 amide bonds. The van der Waals surface area contributed by atoms with Crippen LogP contribution in [0.1, 0.15) is 26.2 Å². The van der Waals surface area contributed by atoms with Gasteiger partial charge in [-0.3, -0.25) is 0 Å². The lowest BCUT2D eigenvalue weighted by molar-refractivity contribution is 0.550. The van der Waals surface area contributed by atoms with Crippen molar-refractivity contribution in [2.45, 2.75) is 38.8 Å². The Bertz CT molecular complexity index is 329. The van der Waals surface area contributed by atoms with E-state index in [9.17, 15) is 0 Å². The fraction of sp³-hybridized carbons (Fsp3) is 0.583. The quantitative estimate of drug-likeness (QED) is 0.766. The van der Waals surface area contributed by atoms with Crippen LogP contribution in [-0.4, -0.2) is 15.6 Å². The molecule has 2 atom stereocenters. The molecule has 0 bridgehead atoms. The molecule has 0 radical (unpaired) electrons. The highest BCUT2D eigenvalue weighted by molar-refractivity contribution is 5.28. The third-order valence-corrected chi connectivity index (χ3v) is 3.22. The van der Waals surface area contributed by atoms with Crippen molar-refractivity contribution >= 4 is 5.95 Å². The second kappa shape index (κ2) is 4.51. The summed E-state index contributed by atoms with van der Waals surface area (Å²) in [6.07, 6.45) is 9.66. The lowest BCUT2D eigenvalue weighted by atomic mass is 10.1. The first-order chi connectivity index (χ1) is 7.31. The molecule has 3 heteroatoms. The highest BCUT2D eigenvalue weighted by atomic mass is 15.2. The summed E-state index contributed by atoms with van der Waals surface area (Å²) in [5.41, 5.74) is 0. The maximum absolute atomic E-state index is 4.34. The molecule has 0 saturated heterocycles. The zero-order valence-electron chi connectivity index (χ0n) is 9.32. The molecule has 3 nitrogen and oxygen atoms in total. The second-order valence-corrected chi connectivity index (χ2v) is 4.35. The Morgan fingerprint density at radius 3 is 3.20 bits per heavy atom. The number of allylic oxidation sites excluding steroid dienone is 1. The van der Waals surface area contributed by atoms with Crippen LogP contribution in [0.25, 0.3) is 0 Å². The van der Waals surface area contributed by atoms with Crippen LogP contribution >= 0.6 is 0 Å². The van der Waals surface area contributed by atoms with Crippen molar-refractivity contribution in [3.8, 4) is 0 Å². The standard InChI is InChI=1S/C12H19N3/c1-3-8-15-9-7-13-12(15)14-11-6-4-5-10(11)2/h3,7,9-11H,1,4-6,8H2,2H3,(H,13,14). The topological polar surface area (TPSA) is 29.9 Å². The van der Waals surface area contributed by atoms with Crippen molar-refractivity contribution in [3.63, 3.8) is 0 Å². The minimum absolute atomic E-state index is 0.593.